The number of alkyl halides is 2. The second-order valence-corrected chi connectivity index (χ2v) is 6.39. The summed E-state index contributed by atoms with van der Waals surface area (Å²) in [5.41, 5.74) is 2.35. The van der Waals surface area contributed by atoms with Crippen LogP contribution in [0.25, 0.3) is 0 Å². The minimum atomic E-state index is -2.84. The maximum Gasteiger partial charge on any atom is 0.270 e. The predicted octanol–water partition coefficient (Wildman–Crippen LogP) is 6.33. The molecule has 0 aromatic heterocycles. The molecule has 3 rings (SSSR count). The summed E-state index contributed by atoms with van der Waals surface area (Å²) in [5.74, 6) is -1.49. The molecule has 143 valence electrons. The van der Waals surface area contributed by atoms with E-state index in [0.29, 0.717) is 17.2 Å². The van der Waals surface area contributed by atoms with Gasteiger partial charge in [0.2, 0.25) is 0 Å². The summed E-state index contributed by atoms with van der Waals surface area (Å²) in [6.07, 6.45) is 0. The van der Waals surface area contributed by atoms with Crippen LogP contribution in [0.4, 0.5) is 8.78 Å². The predicted molar refractivity (Wildman–Crippen MR) is 105 cm³/mol. The molecule has 28 heavy (non-hydrogen) atoms. The fraction of sp³-hybridized carbons (Fsp3) is 0.174. The zero-order valence-electron chi connectivity index (χ0n) is 15.7. The SMILES string of the molecule is CC(=NOCc1ccc(C(C)(F)F)cc1)c1ccc(Oc2[c]cccc2)cc1. The van der Waals surface area contributed by atoms with Crippen LogP contribution in [-0.4, -0.2) is 5.71 Å². The first kappa shape index (κ1) is 19.5. The van der Waals surface area contributed by atoms with Gasteiger partial charge in [0.05, 0.1) is 5.71 Å². The van der Waals surface area contributed by atoms with Crippen LogP contribution in [0.15, 0.2) is 78.0 Å². The van der Waals surface area contributed by atoms with Crippen LogP contribution in [0.1, 0.15) is 30.5 Å². The molecule has 0 aliphatic heterocycles. The molecule has 0 heterocycles. The number of nitrogens with zero attached hydrogens (tertiary/aromatic N) is 1. The van der Waals surface area contributed by atoms with Gasteiger partial charge in [0.1, 0.15) is 18.1 Å². The largest absolute Gasteiger partial charge is 0.457 e. The Morgan fingerprint density at radius 3 is 2.32 bits per heavy atom. The quantitative estimate of drug-likeness (QED) is 0.354. The van der Waals surface area contributed by atoms with Crippen LogP contribution in [0.5, 0.6) is 11.5 Å². The molecule has 0 amide bonds. The second kappa shape index (κ2) is 8.65. The lowest BCUT2D eigenvalue weighted by molar-refractivity contribution is 0.0174. The molecular weight excluding hydrogens is 360 g/mol. The first-order chi connectivity index (χ1) is 13.4. The summed E-state index contributed by atoms with van der Waals surface area (Å²) in [4.78, 5) is 5.35. The summed E-state index contributed by atoms with van der Waals surface area (Å²) in [6, 6.07) is 23.9. The van der Waals surface area contributed by atoms with Gasteiger partial charge in [-0.05, 0) is 48.4 Å². The van der Waals surface area contributed by atoms with E-state index >= 15 is 0 Å². The van der Waals surface area contributed by atoms with Crippen LogP contribution in [-0.2, 0) is 17.4 Å². The standard InChI is InChI=1S/C23H20F2NO2/c1-17(26-27-16-18-8-12-20(13-9-18)23(2,24)25)19-10-14-22(15-11-19)28-21-6-4-3-5-7-21/h3-6,8-15H,16H2,1-2H3. The highest BCUT2D eigenvalue weighted by molar-refractivity contribution is 5.98. The number of hydrogen-bond acceptors (Lipinski definition) is 3. The van der Waals surface area contributed by atoms with Gasteiger partial charge in [-0.25, -0.2) is 8.78 Å². The molecule has 0 saturated carbocycles. The van der Waals surface area contributed by atoms with E-state index in [4.69, 9.17) is 9.57 Å². The summed E-state index contributed by atoms with van der Waals surface area (Å²) in [5, 5.41) is 4.10. The van der Waals surface area contributed by atoms with Gasteiger partial charge in [0.15, 0.2) is 0 Å². The fourth-order valence-electron chi connectivity index (χ4n) is 2.48. The van der Waals surface area contributed by atoms with E-state index < -0.39 is 5.92 Å². The Labute approximate surface area is 163 Å². The van der Waals surface area contributed by atoms with E-state index in [0.717, 1.165) is 18.1 Å². The average Bonchev–Trinajstić information content (AvgIpc) is 2.69. The third kappa shape index (κ3) is 5.39. The number of halogens is 2. The lowest BCUT2D eigenvalue weighted by Gasteiger charge is -2.10. The van der Waals surface area contributed by atoms with Gasteiger partial charge in [0.25, 0.3) is 5.92 Å². The van der Waals surface area contributed by atoms with Crippen molar-refractivity contribution >= 4 is 5.71 Å². The highest BCUT2D eigenvalue weighted by atomic mass is 19.3. The van der Waals surface area contributed by atoms with Gasteiger partial charge in [-0.3, -0.25) is 0 Å². The number of hydrogen-bond donors (Lipinski definition) is 0. The maximum atomic E-state index is 13.2. The molecule has 3 aromatic carbocycles. The Kier molecular flexibility index (Phi) is 6.04. The normalized spacial score (nSPS) is 11.9. The van der Waals surface area contributed by atoms with Crippen LogP contribution in [0.2, 0.25) is 0 Å². The van der Waals surface area contributed by atoms with Crippen molar-refractivity contribution in [2.45, 2.75) is 26.4 Å². The molecule has 0 aliphatic carbocycles. The smallest absolute Gasteiger partial charge is 0.270 e. The molecule has 0 aliphatic rings. The number of para-hydroxylation sites is 1. The molecule has 0 bridgehead atoms. The summed E-state index contributed by atoms with van der Waals surface area (Å²) < 4.78 is 32.1. The van der Waals surface area contributed by atoms with Gasteiger partial charge in [-0.15, -0.1) is 0 Å². The van der Waals surface area contributed by atoms with Crippen molar-refractivity contribution in [1.29, 1.82) is 0 Å². The minimum Gasteiger partial charge on any atom is -0.457 e. The van der Waals surface area contributed by atoms with Crippen molar-refractivity contribution in [2.75, 3.05) is 0 Å². The lowest BCUT2D eigenvalue weighted by Crippen LogP contribution is -2.06. The van der Waals surface area contributed by atoms with Gasteiger partial charge >= 0.3 is 0 Å². The fourth-order valence-corrected chi connectivity index (χ4v) is 2.48. The Morgan fingerprint density at radius 2 is 1.71 bits per heavy atom. The van der Waals surface area contributed by atoms with Gasteiger partial charge < -0.3 is 9.57 Å². The molecule has 0 spiro atoms. The Balaban J connectivity index is 1.56. The number of benzene rings is 3. The van der Waals surface area contributed by atoms with Gasteiger partial charge in [0, 0.05) is 18.6 Å². The van der Waals surface area contributed by atoms with E-state index in [1.54, 1.807) is 18.2 Å². The average molecular weight is 380 g/mol. The third-order valence-corrected chi connectivity index (χ3v) is 4.07. The number of oxime groups is 1. The molecule has 0 fully saturated rings. The van der Waals surface area contributed by atoms with E-state index in [9.17, 15) is 8.78 Å². The molecule has 5 heteroatoms. The van der Waals surface area contributed by atoms with Crippen molar-refractivity contribution in [3.05, 3.63) is 95.6 Å². The monoisotopic (exact) mass is 380 g/mol. The van der Waals surface area contributed by atoms with Crippen molar-refractivity contribution < 1.29 is 18.4 Å². The molecule has 1 radical (unpaired) electrons. The molecule has 3 nitrogen and oxygen atoms in total. The highest BCUT2D eigenvalue weighted by Gasteiger charge is 2.23. The topological polar surface area (TPSA) is 30.8 Å². The van der Waals surface area contributed by atoms with Crippen LogP contribution in [0, 0.1) is 6.07 Å². The van der Waals surface area contributed by atoms with Gasteiger partial charge in [-0.1, -0.05) is 47.6 Å². The minimum absolute atomic E-state index is 0.0219. The lowest BCUT2D eigenvalue weighted by atomic mass is 10.1. The van der Waals surface area contributed by atoms with Crippen molar-refractivity contribution in [1.82, 2.24) is 0 Å². The summed E-state index contributed by atoms with van der Waals surface area (Å²) in [6.45, 7) is 2.92. The van der Waals surface area contributed by atoms with Crippen molar-refractivity contribution in [3.63, 3.8) is 0 Å². The van der Waals surface area contributed by atoms with Crippen LogP contribution >= 0.6 is 0 Å². The first-order valence-corrected chi connectivity index (χ1v) is 8.80. The van der Waals surface area contributed by atoms with Crippen LogP contribution < -0.4 is 4.74 Å². The van der Waals surface area contributed by atoms with Crippen molar-refractivity contribution in [3.8, 4) is 11.5 Å². The zero-order valence-corrected chi connectivity index (χ0v) is 15.7. The second-order valence-electron chi connectivity index (χ2n) is 6.39. The first-order valence-electron chi connectivity index (χ1n) is 8.80. The highest BCUT2D eigenvalue weighted by Crippen LogP contribution is 2.27. The molecule has 0 unspecified atom stereocenters. The maximum absolute atomic E-state index is 13.2. The Morgan fingerprint density at radius 1 is 1.00 bits per heavy atom. The summed E-state index contributed by atoms with van der Waals surface area (Å²) >= 11 is 0. The van der Waals surface area contributed by atoms with E-state index in [1.807, 2.05) is 49.4 Å². The van der Waals surface area contributed by atoms with E-state index in [2.05, 4.69) is 11.2 Å². The van der Waals surface area contributed by atoms with Crippen molar-refractivity contribution in [2.24, 2.45) is 5.16 Å². The number of rotatable bonds is 7. The van der Waals surface area contributed by atoms with E-state index in [-0.39, 0.29) is 12.2 Å². The molecule has 0 saturated heterocycles. The van der Waals surface area contributed by atoms with E-state index in [1.165, 1.54) is 12.1 Å². The Bertz CT molecular complexity index is 916. The zero-order chi connectivity index (χ0) is 20.0. The summed E-state index contributed by atoms with van der Waals surface area (Å²) in [7, 11) is 0. The molecular formula is C23H20F2NO2. The Hall–Kier alpha value is -3.21. The van der Waals surface area contributed by atoms with Gasteiger partial charge in [-0.2, -0.15) is 0 Å². The third-order valence-electron chi connectivity index (χ3n) is 4.07. The molecule has 3 aromatic rings. The van der Waals surface area contributed by atoms with Crippen LogP contribution in [0.3, 0.4) is 0 Å². The molecule has 0 atom stereocenters. The molecule has 0 N–H and O–H groups in total. The number of ether oxygens (including phenoxy) is 1.